The first-order valence-electron chi connectivity index (χ1n) is 7.74. The Morgan fingerprint density at radius 3 is 2.67 bits per heavy atom. The minimum absolute atomic E-state index is 0.196. The molecule has 2 aliphatic rings. The van der Waals surface area contributed by atoms with Gasteiger partial charge in [0.1, 0.15) is 5.01 Å². The van der Waals surface area contributed by atoms with Gasteiger partial charge in [-0.15, -0.1) is 11.3 Å². The Balaban J connectivity index is 1.73. The van der Waals surface area contributed by atoms with Gasteiger partial charge in [-0.05, 0) is 30.5 Å². The molecule has 0 amide bonds. The Hall–Kier alpha value is -0.900. The second kappa shape index (κ2) is 5.08. The smallest absolute Gasteiger partial charge is 0.113 e. The third-order valence-electron chi connectivity index (χ3n) is 4.79. The molecule has 1 fully saturated rings. The van der Waals surface area contributed by atoms with E-state index in [0.717, 1.165) is 35.0 Å². The number of hydrogen-bond acceptors (Lipinski definition) is 3. The number of rotatable bonds is 1. The minimum Gasteiger partial charge on any atom is -0.319 e. The lowest BCUT2D eigenvalue weighted by Crippen LogP contribution is -2.35. The molecule has 0 radical (unpaired) electrons. The molecule has 2 aromatic rings. The van der Waals surface area contributed by atoms with Crippen LogP contribution in [0.15, 0.2) is 18.2 Å². The monoisotopic (exact) mass is 318 g/mol. The van der Waals surface area contributed by atoms with Crippen LogP contribution in [0.1, 0.15) is 54.0 Å². The molecule has 1 heterocycles. The molecule has 1 saturated carbocycles. The van der Waals surface area contributed by atoms with Gasteiger partial charge in [-0.2, -0.15) is 0 Å². The maximum absolute atomic E-state index is 6.71. The van der Waals surface area contributed by atoms with Crippen LogP contribution in [0.4, 0.5) is 0 Å². The highest BCUT2D eigenvalue weighted by Gasteiger charge is 2.34. The molecule has 0 unspecified atom stereocenters. The van der Waals surface area contributed by atoms with E-state index in [-0.39, 0.29) is 5.54 Å². The minimum atomic E-state index is -0.196. The summed E-state index contributed by atoms with van der Waals surface area (Å²) in [5.41, 5.74) is 10.2. The maximum Gasteiger partial charge on any atom is 0.113 e. The third kappa shape index (κ3) is 2.32. The highest BCUT2D eigenvalue weighted by molar-refractivity contribution is 7.12. The van der Waals surface area contributed by atoms with Gasteiger partial charge in [0.15, 0.2) is 0 Å². The van der Waals surface area contributed by atoms with Gasteiger partial charge >= 0.3 is 0 Å². The lowest BCUT2D eigenvalue weighted by Gasteiger charge is -2.25. The second-order valence-corrected chi connectivity index (χ2v) is 7.86. The van der Waals surface area contributed by atoms with Crippen LogP contribution in [-0.4, -0.2) is 4.98 Å². The van der Waals surface area contributed by atoms with E-state index in [0.29, 0.717) is 0 Å². The number of halogens is 1. The fourth-order valence-electron chi connectivity index (χ4n) is 3.58. The zero-order valence-corrected chi connectivity index (χ0v) is 13.6. The van der Waals surface area contributed by atoms with E-state index in [2.05, 4.69) is 12.1 Å². The number of hydrogen-bond donors (Lipinski definition) is 1. The van der Waals surface area contributed by atoms with Crippen molar-refractivity contribution >= 4 is 22.9 Å². The van der Waals surface area contributed by atoms with Crippen molar-refractivity contribution in [2.45, 2.75) is 50.5 Å². The van der Waals surface area contributed by atoms with Crippen molar-refractivity contribution in [1.29, 1.82) is 0 Å². The lowest BCUT2D eigenvalue weighted by molar-refractivity contribution is 0.384. The molecule has 0 spiro atoms. The van der Waals surface area contributed by atoms with E-state index in [4.69, 9.17) is 22.3 Å². The molecule has 0 saturated heterocycles. The van der Waals surface area contributed by atoms with Crippen LogP contribution in [0, 0.1) is 0 Å². The van der Waals surface area contributed by atoms with Crippen LogP contribution < -0.4 is 5.73 Å². The van der Waals surface area contributed by atoms with Gasteiger partial charge < -0.3 is 5.73 Å². The molecule has 4 rings (SSSR count). The van der Waals surface area contributed by atoms with E-state index >= 15 is 0 Å². The van der Waals surface area contributed by atoms with Crippen LogP contribution in [0.25, 0.3) is 11.3 Å². The maximum atomic E-state index is 6.71. The lowest BCUT2D eigenvalue weighted by atomic mass is 9.92. The highest BCUT2D eigenvalue weighted by atomic mass is 35.5. The first-order valence-corrected chi connectivity index (χ1v) is 8.93. The van der Waals surface area contributed by atoms with Crippen LogP contribution in [0.3, 0.4) is 0 Å². The van der Waals surface area contributed by atoms with Crippen molar-refractivity contribution in [2.24, 2.45) is 5.73 Å². The van der Waals surface area contributed by atoms with E-state index in [1.54, 1.807) is 0 Å². The average molecular weight is 319 g/mol. The molecular formula is C17H19ClN2S. The Morgan fingerprint density at radius 2 is 1.90 bits per heavy atom. The Kier molecular flexibility index (Phi) is 3.32. The van der Waals surface area contributed by atoms with Crippen molar-refractivity contribution in [3.8, 4) is 11.3 Å². The summed E-state index contributed by atoms with van der Waals surface area (Å²) in [6.45, 7) is 0. The number of nitrogens with zero attached hydrogens (tertiary/aromatic N) is 1. The van der Waals surface area contributed by atoms with Crippen LogP contribution in [0.5, 0.6) is 0 Å². The molecule has 4 heteroatoms. The topological polar surface area (TPSA) is 38.9 Å². The molecule has 0 atom stereocenters. The summed E-state index contributed by atoms with van der Waals surface area (Å²) in [4.78, 5) is 6.31. The van der Waals surface area contributed by atoms with E-state index in [1.807, 2.05) is 17.4 Å². The summed E-state index contributed by atoms with van der Waals surface area (Å²) in [6, 6.07) is 6.12. The number of nitrogens with two attached hydrogens (primary N) is 1. The quantitative estimate of drug-likeness (QED) is 0.650. The Bertz CT molecular complexity index is 684. The van der Waals surface area contributed by atoms with E-state index in [1.165, 1.54) is 41.7 Å². The zero-order chi connectivity index (χ0) is 14.4. The van der Waals surface area contributed by atoms with Crippen molar-refractivity contribution in [3.05, 3.63) is 38.7 Å². The van der Waals surface area contributed by atoms with Gasteiger partial charge in [0, 0.05) is 21.9 Å². The van der Waals surface area contributed by atoms with Crippen molar-refractivity contribution in [1.82, 2.24) is 4.98 Å². The summed E-state index contributed by atoms with van der Waals surface area (Å²) < 4.78 is 0. The number of aromatic nitrogens is 1. The molecular weight excluding hydrogens is 300 g/mol. The van der Waals surface area contributed by atoms with Crippen LogP contribution >= 0.6 is 22.9 Å². The normalized spacial score (nSPS) is 19.9. The van der Waals surface area contributed by atoms with Crippen LogP contribution in [0.2, 0.25) is 5.02 Å². The first kappa shape index (κ1) is 13.7. The molecule has 0 bridgehead atoms. The largest absolute Gasteiger partial charge is 0.319 e. The summed E-state index contributed by atoms with van der Waals surface area (Å²) >= 11 is 7.91. The molecule has 1 aromatic carbocycles. The average Bonchev–Trinajstić information content (AvgIpc) is 2.92. The second-order valence-electron chi connectivity index (χ2n) is 6.34. The molecule has 1 aromatic heterocycles. The highest BCUT2D eigenvalue weighted by Crippen LogP contribution is 2.44. The summed E-state index contributed by atoms with van der Waals surface area (Å²) in [6.07, 6.45) is 8.19. The number of thiazole rings is 1. The van der Waals surface area contributed by atoms with E-state index in [9.17, 15) is 0 Å². The Labute approximate surface area is 134 Å². The van der Waals surface area contributed by atoms with Gasteiger partial charge in [-0.25, -0.2) is 4.98 Å². The first-order chi connectivity index (χ1) is 10.2. The fourth-order valence-corrected chi connectivity index (χ4v) is 5.03. The number of benzene rings is 1. The van der Waals surface area contributed by atoms with Crippen molar-refractivity contribution in [2.75, 3.05) is 0 Å². The predicted octanol–water partition coefficient (Wildman–Crippen LogP) is 4.88. The molecule has 110 valence electrons. The summed E-state index contributed by atoms with van der Waals surface area (Å²) in [5.74, 6) is 0. The standard InChI is InChI=1S/C17H19ClN2S/c18-12-5-6-13-11(9-12)10-14-15(13)20-16(21-14)17(19)7-3-1-2-4-8-17/h5-6,9H,1-4,7-8,10,19H2. The van der Waals surface area contributed by atoms with Crippen molar-refractivity contribution < 1.29 is 0 Å². The zero-order valence-electron chi connectivity index (χ0n) is 12.0. The predicted molar refractivity (Wildman–Crippen MR) is 88.9 cm³/mol. The molecule has 2 nitrogen and oxygen atoms in total. The van der Waals surface area contributed by atoms with Gasteiger partial charge in [0.25, 0.3) is 0 Å². The third-order valence-corrected chi connectivity index (χ3v) is 6.30. The van der Waals surface area contributed by atoms with Gasteiger partial charge in [-0.3, -0.25) is 0 Å². The van der Waals surface area contributed by atoms with Crippen LogP contribution in [-0.2, 0) is 12.0 Å². The Morgan fingerprint density at radius 1 is 1.14 bits per heavy atom. The van der Waals surface area contributed by atoms with Gasteiger partial charge in [0.05, 0.1) is 11.2 Å². The summed E-state index contributed by atoms with van der Waals surface area (Å²) in [7, 11) is 0. The SMILES string of the molecule is NC1(c2nc3c(s2)Cc2cc(Cl)ccc2-3)CCCCCC1. The van der Waals surface area contributed by atoms with Crippen molar-refractivity contribution in [3.63, 3.8) is 0 Å². The van der Waals surface area contributed by atoms with E-state index < -0.39 is 0 Å². The van der Waals surface area contributed by atoms with Gasteiger partial charge in [0.2, 0.25) is 0 Å². The number of fused-ring (bicyclic) bond motifs is 3. The van der Waals surface area contributed by atoms with Gasteiger partial charge in [-0.1, -0.05) is 43.4 Å². The molecule has 0 aliphatic heterocycles. The summed E-state index contributed by atoms with van der Waals surface area (Å²) in [5, 5.41) is 1.96. The molecule has 21 heavy (non-hydrogen) atoms. The fraction of sp³-hybridized carbons (Fsp3) is 0.471. The molecule has 2 aliphatic carbocycles. The molecule has 2 N–H and O–H groups in total.